The SMILES string of the molecule is Cc1noc(C)c1S(=O)(=O)N1CCCC(C(=O)NC(C#N)c2ccccc2F)C1. The standard InChI is InChI=1S/C19H21FN4O4S/c1-12-18(13(2)28-23-12)29(26,27)24-9-5-6-14(11-24)19(25)22-17(10-21)15-7-3-4-8-16(15)20/h3-4,7-8,14,17H,5-6,9,11H2,1-2H3,(H,22,25). The van der Waals surface area contributed by atoms with Gasteiger partial charge in [0.15, 0.2) is 5.76 Å². The molecular formula is C19H21FN4O4S. The molecule has 1 saturated heterocycles. The Bertz CT molecular complexity index is 1040. The second kappa shape index (κ2) is 8.31. The molecule has 2 unspecified atom stereocenters. The molecule has 1 aromatic carbocycles. The molecule has 10 heteroatoms. The first kappa shape index (κ1) is 21.0. The van der Waals surface area contributed by atoms with Crippen molar-refractivity contribution in [3.05, 3.63) is 47.1 Å². The van der Waals surface area contributed by atoms with Crippen LogP contribution in [0.4, 0.5) is 4.39 Å². The molecule has 0 bridgehead atoms. The Labute approximate surface area is 168 Å². The fraction of sp³-hybridized carbons (Fsp3) is 0.421. The van der Waals surface area contributed by atoms with Gasteiger partial charge in [-0.05, 0) is 32.8 Å². The molecule has 1 aromatic heterocycles. The zero-order valence-corrected chi connectivity index (χ0v) is 16.9. The number of nitrogens with zero attached hydrogens (tertiary/aromatic N) is 3. The minimum Gasteiger partial charge on any atom is -0.360 e. The minimum atomic E-state index is -3.87. The van der Waals surface area contributed by atoms with E-state index in [0.29, 0.717) is 12.8 Å². The molecule has 2 atom stereocenters. The molecule has 0 saturated carbocycles. The lowest BCUT2D eigenvalue weighted by Crippen LogP contribution is -2.46. The summed E-state index contributed by atoms with van der Waals surface area (Å²) in [6, 6.07) is 6.44. The number of nitriles is 1. The maximum absolute atomic E-state index is 14.0. The van der Waals surface area contributed by atoms with Crippen LogP contribution in [-0.2, 0) is 14.8 Å². The molecule has 1 fully saturated rings. The third kappa shape index (κ3) is 4.16. The monoisotopic (exact) mass is 420 g/mol. The van der Waals surface area contributed by atoms with Crippen molar-refractivity contribution < 1.29 is 22.1 Å². The molecule has 0 spiro atoms. The number of carbonyl (C=O) groups is 1. The molecule has 1 aliphatic heterocycles. The van der Waals surface area contributed by atoms with Gasteiger partial charge in [0.25, 0.3) is 0 Å². The Balaban J connectivity index is 1.76. The van der Waals surface area contributed by atoms with Crippen LogP contribution in [-0.4, -0.2) is 36.9 Å². The normalized spacial score (nSPS) is 18.8. The highest BCUT2D eigenvalue weighted by Crippen LogP contribution is 2.28. The molecule has 1 N–H and O–H groups in total. The number of aromatic nitrogens is 1. The lowest BCUT2D eigenvalue weighted by Gasteiger charge is -2.31. The van der Waals surface area contributed by atoms with Crippen LogP contribution in [0.25, 0.3) is 0 Å². The van der Waals surface area contributed by atoms with Crippen LogP contribution in [0.3, 0.4) is 0 Å². The third-order valence-corrected chi connectivity index (χ3v) is 7.06. The van der Waals surface area contributed by atoms with E-state index in [1.807, 2.05) is 6.07 Å². The summed E-state index contributed by atoms with van der Waals surface area (Å²) in [4.78, 5) is 12.7. The van der Waals surface area contributed by atoms with E-state index in [9.17, 15) is 22.9 Å². The highest BCUT2D eigenvalue weighted by atomic mass is 32.2. The Morgan fingerprint density at radius 3 is 2.76 bits per heavy atom. The van der Waals surface area contributed by atoms with Crippen LogP contribution < -0.4 is 5.32 Å². The molecule has 29 heavy (non-hydrogen) atoms. The number of halogens is 1. The van der Waals surface area contributed by atoms with Crippen molar-refractivity contribution in [3.8, 4) is 6.07 Å². The number of benzene rings is 1. The first-order valence-corrected chi connectivity index (χ1v) is 10.6. The number of piperidine rings is 1. The van der Waals surface area contributed by atoms with Crippen LogP contribution in [0, 0.1) is 36.9 Å². The Kier molecular flexibility index (Phi) is 6.00. The largest absolute Gasteiger partial charge is 0.360 e. The van der Waals surface area contributed by atoms with E-state index in [0.717, 1.165) is 0 Å². The molecule has 2 aromatic rings. The number of aryl methyl sites for hydroxylation is 2. The van der Waals surface area contributed by atoms with Gasteiger partial charge in [0.05, 0.1) is 12.0 Å². The van der Waals surface area contributed by atoms with Gasteiger partial charge < -0.3 is 9.84 Å². The van der Waals surface area contributed by atoms with E-state index in [1.54, 1.807) is 13.0 Å². The van der Waals surface area contributed by atoms with Crippen LogP contribution in [0.1, 0.15) is 35.9 Å². The van der Waals surface area contributed by atoms with Crippen molar-refractivity contribution in [2.45, 2.75) is 37.6 Å². The number of hydrogen-bond acceptors (Lipinski definition) is 6. The van der Waals surface area contributed by atoms with Gasteiger partial charge in [0.2, 0.25) is 15.9 Å². The molecular weight excluding hydrogens is 399 g/mol. The van der Waals surface area contributed by atoms with Gasteiger partial charge in [-0.1, -0.05) is 23.4 Å². The van der Waals surface area contributed by atoms with Crippen LogP contribution in [0.2, 0.25) is 0 Å². The molecule has 0 radical (unpaired) electrons. The van der Waals surface area contributed by atoms with Crippen molar-refractivity contribution >= 4 is 15.9 Å². The summed E-state index contributed by atoms with van der Waals surface area (Å²) in [6.45, 7) is 3.30. The van der Waals surface area contributed by atoms with Gasteiger partial charge >= 0.3 is 0 Å². The summed E-state index contributed by atoms with van der Waals surface area (Å²) < 4.78 is 46.2. The summed E-state index contributed by atoms with van der Waals surface area (Å²) in [6.07, 6.45) is 0.951. The smallest absolute Gasteiger partial charge is 0.248 e. The fourth-order valence-corrected chi connectivity index (χ4v) is 5.31. The highest BCUT2D eigenvalue weighted by Gasteiger charge is 2.37. The summed E-state index contributed by atoms with van der Waals surface area (Å²) in [7, 11) is -3.87. The molecule has 3 rings (SSSR count). The summed E-state index contributed by atoms with van der Waals surface area (Å²) in [5.41, 5.74) is 0.331. The number of nitrogens with one attached hydrogen (secondary N) is 1. The van der Waals surface area contributed by atoms with Crippen molar-refractivity contribution in [1.29, 1.82) is 5.26 Å². The molecule has 1 aliphatic rings. The molecule has 0 aliphatic carbocycles. The maximum atomic E-state index is 14.0. The van der Waals surface area contributed by atoms with Crippen molar-refractivity contribution in [2.24, 2.45) is 5.92 Å². The number of sulfonamides is 1. The second-order valence-corrected chi connectivity index (χ2v) is 8.82. The van der Waals surface area contributed by atoms with E-state index in [1.165, 1.54) is 29.4 Å². The van der Waals surface area contributed by atoms with E-state index in [-0.39, 0.29) is 35.0 Å². The van der Waals surface area contributed by atoms with Gasteiger partial charge in [-0.3, -0.25) is 4.79 Å². The summed E-state index contributed by atoms with van der Waals surface area (Å²) in [5.74, 6) is -1.54. The topological polar surface area (TPSA) is 116 Å². The summed E-state index contributed by atoms with van der Waals surface area (Å²) >= 11 is 0. The average molecular weight is 420 g/mol. The quantitative estimate of drug-likeness (QED) is 0.793. The lowest BCUT2D eigenvalue weighted by atomic mass is 9.97. The molecule has 2 heterocycles. The summed E-state index contributed by atoms with van der Waals surface area (Å²) in [5, 5.41) is 15.6. The minimum absolute atomic E-state index is 0.0137. The van der Waals surface area contributed by atoms with Gasteiger partial charge in [0.1, 0.15) is 22.4 Å². The maximum Gasteiger partial charge on any atom is 0.248 e. The van der Waals surface area contributed by atoms with E-state index in [4.69, 9.17) is 4.52 Å². The Morgan fingerprint density at radius 2 is 2.14 bits per heavy atom. The number of hydrogen-bond donors (Lipinski definition) is 1. The Hall–Kier alpha value is -2.77. The van der Waals surface area contributed by atoms with Gasteiger partial charge in [-0.15, -0.1) is 0 Å². The predicted molar refractivity (Wildman–Crippen MR) is 100 cm³/mol. The second-order valence-electron chi connectivity index (χ2n) is 6.95. The van der Waals surface area contributed by atoms with Crippen molar-refractivity contribution in [3.63, 3.8) is 0 Å². The Morgan fingerprint density at radius 1 is 1.41 bits per heavy atom. The van der Waals surface area contributed by atoms with E-state index < -0.39 is 33.7 Å². The zero-order valence-electron chi connectivity index (χ0n) is 16.1. The van der Waals surface area contributed by atoms with E-state index in [2.05, 4.69) is 10.5 Å². The molecule has 1 amide bonds. The van der Waals surface area contributed by atoms with Gasteiger partial charge in [-0.25, -0.2) is 12.8 Å². The predicted octanol–water partition coefficient (Wildman–Crippen LogP) is 2.21. The van der Waals surface area contributed by atoms with Crippen LogP contribution >= 0.6 is 0 Å². The number of rotatable bonds is 5. The average Bonchev–Trinajstić information content (AvgIpc) is 3.05. The highest BCUT2D eigenvalue weighted by molar-refractivity contribution is 7.89. The van der Waals surface area contributed by atoms with Crippen LogP contribution in [0.15, 0.2) is 33.7 Å². The first-order valence-electron chi connectivity index (χ1n) is 9.13. The van der Waals surface area contributed by atoms with Gasteiger partial charge in [0, 0.05) is 18.7 Å². The lowest BCUT2D eigenvalue weighted by molar-refractivity contribution is -0.126. The van der Waals surface area contributed by atoms with Gasteiger partial charge in [-0.2, -0.15) is 9.57 Å². The molecule has 154 valence electrons. The third-order valence-electron chi connectivity index (χ3n) is 4.95. The van der Waals surface area contributed by atoms with Crippen molar-refractivity contribution in [2.75, 3.05) is 13.1 Å². The molecule has 8 nitrogen and oxygen atoms in total. The van der Waals surface area contributed by atoms with Crippen LogP contribution in [0.5, 0.6) is 0 Å². The number of carbonyl (C=O) groups excluding carboxylic acids is 1. The fourth-order valence-electron chi connectivity index (χ4n) is 3.50. The van der Waals surface area contributed by atoms with Crippen molar-refractivity contribution in [1.82, 2.24) is 14.8 Å². The number of amides is 1. The first-order chi connectivity index (χ1) is 13.8. The van der Waals surface area contributed by atoms with E-state index >= 15 is 0 Å². The zero-order chi connectivity index (χ0) is 21.2.